The lowest BCUT2D eigenvalue weighted by atomic mass is 10.1. The minimum Gasteiger partial charge on any atom is -0.320 e. The monoisotopic (exact) mass is 279 g/mol. The number of aromatic nitrogens is 1. The van der Waals surface area contributed by atoms with Gasteiger partial charge in [-0.25, -0.2) is 4.98 Å². The van der Waals surface area contributed by atoms with E-state index in [1.807, 2.05) is 32.0 Å². The van der Waals surface area contributed by atoms with Crippen molar-refractivity contribution in [2.24, 2.45) is 5.73 Å². The number of anilines is 1. The van der Waals surface area contributed by atoms with Crippen LogP contribution < -0.4 is 11.1 Å². The zero-order valence-electron chi connectivity index (χ0n) is 12.1. The van der Waals surface area contributed by atoms with E-state index in [0.29, 0.717) is 12.2 Å². The third-order valence-corrected chi connectivity index (χ3v) is 3.18. The second-order valence-electron chi connectivity index (χ2n) is 4.64. The first kappa shape index (κ1) is 14.8. The lowest BCUT2D eigenvalue weighted by Crippen LogP contribution is -2.14. The number of benzene rings is 1. The van der Waals surface area contributed by atoms with Crippen LogP contribution in [0.3, 0.4) is 0 Å². The van der Waals surface area contributed by atoms with Crippen LogP contribution in [0.2, 0.25) is 0 Å². The topological polar surface area (TPSA) is 68.0 Å². The molecule has 4 heteroatoms. The van der Waals surface area contributed by atoms with Crippen molar-refractivity contribution in [3.8, 4) is 11.8 Å². The van der Waals surface area contributed by atoms with Gasteiger partial charge < -0.3 is 11.1 Å². The number of carbonyl (C=O) groups is 1. The van der Waals surface area contributed by atoms with Gasteiger partial charge in [-0.05, 0) is 43.2 Å². The molecule has 1 heterocycles. The normalized spacial score (nSPS) is 9.67. The van der Waals surface area contributed by atoms with Gasteiger partial charge in [0, 0.05) is 17.4 Å². The Morgan fingerprint density at radius 2 is 2.10 bits per heavy atom. The van der Waals surface area contributed by atoms with Crippen molar-refractivity contribution < 1.29 is 4.79 Å². The second-order valence-corrected chi connectivity index (χ2v) is 4.64. The molecule has 0 aliphatic rings. The highest BCUT2D eigenvalue weighted by Gasteiger charge is 2.09. The van der Waals surface area contributed by atoms with Gasteiger partial charge in [0.15, 0.2) is 0 Å². The van der Waals surface area contributed by atoms with Crippen molar-refractivity contribution >= 4 is 11.6 Å². The Kier molecular flexibility index (Phi) is 4.70. The molecular formula is C17H17N3O. The number of rotatable bonds is 2. The lowest BCUT2D eigenvalue weighted by Gasteiger charge is -2.09. The van der Waals surface area contributed by atoms with Crippen molar-refractivity contribution in [1.82, 2.24) is 4.98 Å². The summed E-state index contributed by atoms with van der Waals surface area (Å²) in [7, 11) is 0. The SMILES string of the molecule is Cc1cccc(NC(=O)c2ccc(C#CCN)cn2)c1C. The minimum absolute atomic E-state index is 0.234. The second kappa shape index (κ2) is 6.69. The Hall–Kier alpha value is -2.64. The zero-order chi connectivity index (χ0) is 15.2. The molecule has 0 unspecified atom stereocenters. The summed E-state index contributed by atoms with van der Waals surface area (Å²) in [4.78, 5) is 16.3. The molecule has 0 atom stereocenters. The molecule has 1 aromatic carbocycles. The Morgan fingerprint density at radius 1 is 1.29 bits per heavy atom. The molecule has 0 bridgehead atoms. The number of nitrogens with one attached hydrogen (secondary N) is 1. The Balaban J connectivity index is 2.15. The van der Waals surface area contributed by atoms with E-state index in [9.17, 15) is 4.79 Å². The molecule has 0 saturated carbocycles. The summed E-state index contributed by atoms with van der Waals surface area (Å²) < 4.78 is 0. The highest BCUT2D eigenvalue weighted by Crippen LogP contribution is 2.18. The van der Waals surface area contributed by atoms with Crippen LogP contribution in [-0.4, -0.2) is 17.4 Å². The fourth-order valence-electron chi connectivity index (χ4n) is 1.83. The maximum atomic E-state index is 12.2. The number of hydrogen-bond acceptors (Lipinski definition) is 3. The molecule has 0 saturated heterocycles. The van der Waals surface area contributed by atoms with Crippen LogP contribution >= 0.6 is 0 Å². The molecule has 1 amide bonds. The number of hydrogen-bond donors (Lipinski definition) is 2. The van der Waals surface area contributed by atoms with Gasteiger partial charge in [-0.2, -0.15) is 0 Å². The van der Waals surface area contributed by atoms with Gasteiger partial charge in [0.05, 0.1) is 6.54 Å². The molecule has 0 fully saturated rings. The molecule has 0 aliphatic carbocycles. The van der Waals surface area contributed by atoms with Gasteiger partial charge in [-0.3, -0.25) is 4.79 Å². The standard InChI is InChI=1S/C17H17N3O/c1-12-5-3-7-15(13(12)2)20-17(21)16-9-8-14(11-19-16)6-4-10-18/h3,5,7-9,11H,10,18H2,1-2H3,(H,20,21). The molecule has 2 aromatic rings. The van der Waals surface area contributed by atoms with Gasteiger partial charge in [0.2, 0.25) is 0 Å². The highest BCUT2D eigenvalue weighted by atomic mass is 16.1. The molecule has 2 rings (SSSR count). The fourth-order valence-corrected chi connectivity index (χ4v) is 1.83. The smallest absolute Gasteiger partial charge is 0.274 e. The number of pyridine rings is 1. The van der Waals surface area contributed by atoms with Gasteiger partial charge >= 0.3 is 0 Å². The summed E-state index contributed by atoms with van der Waals surface area (Å²) in [5.74, 6) is 5.38. The molecule has 4 nitrogen and oxygen atoms in total. The summed E-state index contributed by atoms with van der Waals surface area (Å²) in [6.45, 7) is 4.28. The lowest BCUT2D eigenvalue weighted by molar-refractivity contribution is 0.102. The average Bonchev–Trinajstić information content (AvgIpc) is 2.50. The highest BCUT2D eigenvalue weighted by molar-refractivity contribution is 6.03. The van der Waals surface area contributed by atoms with Crippen molar-refractivity contribution in [3.05, 3.63) is 58.9 Å². The van der Waals surface area contributed by atoms with E-state index < -0.39 is 0 Å². The fraction of sp³-hybridized carbons (Fsp3) is 0.176. The Labute approximate surface area is 124 Å². The molecule has 0 radical (unpaired) electrons. The molecule has 3 N–H and O–H groups in total. The van der Waals surface area contributed by atoms with Gasteiger partial charge in [0.1, 0.15) is 5.69 Å². The third-order valence-electron chi connectivity index (χ3n) is 3.18. The van der Waals surface area contributed by atoms with Crippen molar-refractivity contribution in [1.29, 1.82) is 0 Å². The number of nitrogens with two attached hydrogens (primary N) is 1. The quantitative estimate of drug-likeness (QED) is 0.829. The van der Waals surface area contributed by atoms with Crippen LogP contribution in [0.1, 0.15) is 27.2 Å². The van der Waals surface area contributed by atoms with Gasteiger partial charge in [-0.15, -0.1) is 0 Å². The molecular weight excluding hydrogens is 262 g/mol. The van der Waals surface area contributed by atoms with E-state index in [0.717, 1.165) is 22.4 Å². The Bertz CT molecular complexity index is 709. The minimum atomic E-state index is -0.234. The maximum absolute atomic E-state index is 12.2. The first-order valence-electron chi connectivity index (χ1n) is 6.64. The van der Waals surface area contributed by atoms with Crippen molar-refractivity contribution in [2.75, 3.05) is 11.9 Å². The van der Waals surface area contributed by atoms with Crippen LogP contribution in [0, 0.1) is 25.7 Å². The van der Waals surface area contributed by atoms with Crippen LogP contribution in [0.4, 0.5) is 5.69 Å². The number of aryl methyl sites for hydroxylation is 1. The van der Waals surface area contributed by atoms with E-state index in [4.69, 9.17) is 5.73 Å². The van der Waals surface area contributed by atoms with Gasteiger partial charge in [-0.1, -0.05) is 24.0 Å². The van der Waals surface area contributed by atoms with Crippen LogP contribution in [-0.2, 0) is 0 Å². The van der Waals surface area contributed by atoms with Crippen LogP contribution in [0.25, 0.3) is 0 Å². The van der Waals surface area contributed by atoms with Gasteiger partial charge in [0.25, 0.3) is 5.91 Å². The third kappa shape index (κ3) is 3.68. The van der Waals surface area contributed by atoms with Crippen molar-refractivity contribution in [3.63, 3.8) is 0 Å². The summed E-state index contributed by atoms with van der Waals surface area (Å²) in [5, 5.41) is 2.87. The van der Waals surface area contributed by atoms with E-state index in [-0.39, 0.29) is 5.91 Å². The summed E-state index contributed by atoms with van der Waals surface area (Å²) in [6.07, 6.45) is 1.57. The van der Waals surface area contributed by atoms with E-state index in [2.05, 4.69) is 22.1 Å². The van der Waals surface area contributed by atoms with Crippen molar-refractivity contribution in [2.45, 2.75) is 13.8 Å². The first-order chi connectivity index (χ1) is 10.1. The van der Waals surface area contributed by atoms with E-state index in [1.165, 1.54) is 0 Å². The zero-order valence-corrected chi connectivity index (χ0v) is 12.1. The number of carbonyl (C=O) groups excluding carboxylic acids is 1. The molecule has 106 valence electrons. The van der Waals surface area contributed by atoms with E-state index in [1.54, 1.807) is 18.3 Å². The largest absolute Gasteiger partial charge is 0.320 e. The predicted octanol–water partition coefficient (Wildman–Crippen LogP) is 2.26. The summed E-state index contributed by atoms with van der Waals surface area (Å²) >= 11 is 0. The van der Waals surface area contributed by atoms with Crippen LogP contribution in [0.15, 0.2) is 36.5 Å². The summed E-state index contributed by atoms with van der Waals surface area (Å²) in [5.41, 5.74) is 9.39. The molecule has 1 aromatic heterocycles. The number of amides is 1. The van der Waals surface area contributed by atoms with Crippen LogP contribution in [0.5, 0.6) is 0 Å². The molecule has 21 heavy (non-hydrogen) atoms. The predicted molar refractivity (Wildman–Crippen MR) is 84.0 cm³/mol. The van der Waals surface area contributed by atoms with E-state index >= 15 is 0 Å². The molecule has 0 aliphatic heterocycles. The Morgan fingerprint density at radius 3 is 2.76 bits per heavy atom. The average molecular weight is 279 g/mol. The maximum Gasteiger partial charge on any atom is 0.274 e. The number of nitrogens with zero attached hydrogens (tertiary/aromatic N) is 1. The molecule has 0 spiro atoms. The summed E-state index contributed by atoms with van der Waals surface area (Å²) in [6, 6.07) is 9.21. The first-order valence-corrected chi connectivity index (χ1v) is 6.64.